The number of hydrogen-bond donors (Lipinski definition) is 9. The number of phenolic OH excluding ortho intramolecular Hbond substituents is 1. The Bertz CT molecular complexity index is 3070. The zero-order valence-electron chi connectivity index (χ0n) is 47.6. The number of phenols is 1. The number of imide groups is 1. The molecule has 5 aliphatic carbocycles. The Balaban J connectivity index is 0.916. The summed E-state index contributed by atoms with van der Waals surface area (Å²) < 4.78 is 32.1. The average Bonchev–Trinajstić information content (AvgIpc) is 1.12. The number of hydrogen-bond acceptors (Lipinski definition) is 16. The summed E-state index contributed by atoms with van der Waals surface area (Å²) in [7, 11) is 3.35. The molecule has 12 rings (SSSR count). The first kappa shape index (κ1) is 56.6. The molecule has 17 heteroatoms. The van der Waals surface area contributed by atoms with Gasteiger partial charge in [0.05, 0.1) is 44.1 Å². The van der Waals surface area contributed by atoms with Gasteiger partial charge in [-0.05, 0) is 148 Å². The maximum atomic E-state index is 14.0. The molecule has 9 N–H and O–H groups in total. The average molecular weight is 1130 g/mol. The van der Waals surface area contributed by atoms with Gasteiger partial charge in [-0.3, -0.25) is 19.8 Å². The number of anilines is 1. The molecule has 8 aliphatic rings. The van der Waals surface area contributed by atoms with Crippen LogP contribution in [0.15, 0.2) is 60.7 Å². The highest BCUT2D eigenvalue weighted by Gasteiger charge is 2.65. The van der Waals surface area contributed by atoms with E-state index in [1.54, 1.807) is 17.0 Å². The first-order valence-corrected chi connectivity index (χ1v) is 30.2. The van der Waals surface area contributed by atoms with E-state index in [-0.39, 0.29) is 104 Å². The molecule has 0 aromatic heterocycles. The fourth-order valence-electron chi connectivity index (χ4n) is 17.3. The van der Waals surface area contributed by atoms with Gasteiger partial charge in [0, 0.05) is 89.2 Å². The van der Waals surface area contributed by atoms with Crippen LogP contribution in [0, 0.1) is 35.5 Å². The predicted molar refractivity (Wildman–Crippen MR) is 307 cm³/mol. The second-order valence-corrected chi connectivity index (χ2v) is 24.5. The lowest BCUT2D eigenvalue weighted by Crippen LogP contribution is -2.65. The van der Waals surface area contributed by atoms with E-state index in [4.69, 9.17) is 23.7 Å². The van der Waals surface area contributed by atoms with E-state index in [1.165, 1.54) is 24.8 Å². The van der Waals surface area contributed by atoms with Crippen molar-refractivity contribution < 1.29 is 63.9 Å². The van der Waals surface area contributed by atoms with E-state index < -0.39 is 35.1 Å². The highest BCUT2D eigenvalue weighted by molar-refractivity contribution is 6.13. The quantitative estimate of drug-likeness (QED) is 0.0211. The van der Waals surface area contributed by atoms with E-state index >= 15 is 0 Å². The summed E-state index contributed by atoms with van der Waals surface area (Å²) >= 11 is 0. The van der Waals surface area contributed by atoms with Crippen molar-refractivity contribution in [3.63, 3.8) is 0 Å². The minimum Gasteiger partial charge on any atom is -0.502 e. The molecule has 3 fully saturated rings. The SMILES string of the molecule is CCNCOc1cc(OCCNC)c2c3c1C(O)Nc1cc4c(c(c1-3)CC2)C(O)C(c1cc(OC)c(O)c(OCC(CO)C23CC(C5(N6C(=O)C=CC6=O)CCCCC5)CC5C(C(CO)CCCO)CC(CC52)c2ccccc23)c1)CO4. The van der Waals surface area contributed by atoms with Gasteiger partial charge >= 0.3 is 0 Å². The maximum absolute atomic E-state index is 14.0. The first-order valence-electron chi connectivity index (χ1n) is 30.2. The molecular weight excluding hydrogens is 1040 g/mol. The summed E-state index contributed by atoms with van der Waals surface area (Å²) in [6, 6.07) is 15.8. The molecule has 11 unspecified atom stereocenters. The fraction of sp³-hybridized carbons (Fsp3) is 0.569. The number of fused-ring (bicyclic) bond motifs is 6. The summed E-state index contributed by atoms with van der Waals surface area (Å²) in [5.74, 6) is 0.180. The van der Waals surface area contributed by atoms with Crippen molar-refractivity contribution in [2.75, 3.05) is 78.9 Å². The number of nitrogens with one attached hydrogen (secondary N) is 3. The lowest BCUT2D eigenvalue weighted by Gasteiger charge is -2.66. The van der Waals surface area contributed by atoms with Gasteiger partial charge in [-0.15, -0.1) is 0 Å². The molecule has 0 saturated heterocycles. The zero-order chi connectivity index (χ0) is 57.0. The monoisotopic (exact) mass is 1130 g/mol. The van der Waals surface area contributed by atoms with Crippen LogP contribution in [-0.2, 0) is 27.8 Å². The van der Waals surface area contributed by atoms with Crippen molar-refractivity contribution in [2.45, 2.75) is 126 Å². The molecule has 3 saturated carbocycles. The number of amides is 2. The Morgan fingerprint density at radius 1 is 0.866 bits per heavy atom. The lowest BCUT2D eigenvalue weighted by atomic mass is 9.40. The van der Waals surface area contributed by atoms with Gasteiger partial charge in [-0.2, -0.15) is 0 Å². The molecule has 2 amide bonds. The van der Waals surface area contributed by atoms with E-state index in [0.29, 0.717) is 104 Å². The van der Waals surface area contributed by atoms with E-state index in [2.05, 4.69) is 40.2 Å². The Morgan fingerprint density at radius 2 is 1.65 bits per heavy atom. The number of nitrogens with zero attached hydrogens (tertiary/aromatic N) is 1. The minimum atomic E-state index is -1.09. The van der Waals surface area contributed by atoms with E-state index in [9.17, 15) is 40.2 Å². The predicted octanol–water partition coefficient (Wildman–Crippen LogP) is 7.42. The smallest absolute Gasteiger partial charge is 0.254 e. The number of aromatic hydroxyl groups is 1. The number of aliphatic hydroxyl groups excluding tert-OH is 5. The van der Waals surface area contributed by atoms with Crippen molar-refractivity contribution in [2.24, 2.45) is 35.5 Å². The normalized spacial score (nSPS) is 27.8. The molecule has 2 bridgehead atoms. The molecule has 440 valence electrons. The number of benzene rings is 4. The maximum Gasteiger partial charge on any atom is 0.254 e. The summed E-state index contributed by atoms with van der Waals surface area (Å²) in [6.07, 6.45) is 10.3. The third kappa shape index (κ3) is 9.32. The number of methoxy groups -OCH3 is 1. The van der Waals surface area contributed by atoms with E-state index in [1.807, 2.05) is 26.1 Å². The van der Waals surface area contributed by atoms with Gasteiger partial charge in [0.15, 0.2) is 17.7 Å². The summed E-state index contributed by atoms with van der Waals surface area (Å²) in [6.45, 7) is 3.79. The second kappa shape index (κ2) is 23.3. The topological polar surface area (TPSA) is 241 Å². The molecule has 0 radical (unpaired) electrons. The number of carbonyl (C=O) groups is 2. The number of aliphatic hydroxyl groups is 5. The van der Waals surface area contributed by atoms with Crippen LogP contribution in [0.3, 0.4) is 0 Å². The van der Waals surface area contributed by atoms with Crippen LogP contribution in [-0.4, -0.2) is 127 Å². The van der Waals surface area contributed by atoms with Crippen molar-refractivity contribution >= 4 is 17.5 Å². The molecule has 3 aliphatic heterocycles. The van der Waals surface area contributed by atoms with Crippen molar-refractivity contribution in [1.29, 1.82) is 0 Å². The van der Waals surface area contributed by atoms with Crippen LogP contribution < -0.4 is 39.6 Å². The zero-order valence-corrected chi connectivity index (χ0v) is 47.6. The second-order valence-electron chi connectivity index (χ2n) is 24.5. The first-order chi connectivity index (χ1) is 39.9. The largest absolute Gasteiger partial charge is 0.502 e. The van der Waals surface area contributed by atoms with Crippen LogP contribution >= 0.6 is 0 Å². The number of carbonyl (C=O) groups excluding carboxylic acids is 2. The molecule has 17 nitrogen and oxygen atoms in total. The van der Waals surface area contributed by atoms with Crippen LogP contribution in [0.1, 0.15) is 141 Å². The third-order valence-electron chi connectivity index (χ3n) is 20.8. The van der Waals surface area contributed by atoms with Crippen molar-refractivity contribution in [3.05, 3.63) is 99.6 Å². The fourth-order valence-corrected chi connectivity index (χ4v) is 17.3. The number of rotatable bonds is 22. The van der Waals surface area contributed by atoms with Crippen LogP contribution in [0.4, 0.5) is 5.69 Å². The van der Waals surface area contributed by atoms with Crippen molar-refractivity contribution in [3.8, 4) is 45.6 Å². The Hall–Kier alpha value is -5.92. The van der Waals surface area contributed by atoms with Gasteiger partial charge in [-0.25, -0.2) is 0 Å². The highest BCUT2D eigenvalue weighted by atomic mass is 16.5. The Morgan fingerprint density at radius 3 is 2.39 bits per heavy atom. The molecule has 4 aromatic rings. The molecule has 0 spiro atoms. The number of likely N-dealkylation sites (N-methyl/N-ethyl adjacent to an activating group) is 1. The molecule has 4 aromatic carbocycles. The Labute approximate surface area is 480 Å². The van der Waals surface area contributed by atoms with Crippen LogP contribution in [0.2, 0.25) is 0 Å². The Kier molecular flexibility index (Phi) is 16.0. The minimum absolute atomic E-state index is 0.00928. The van der Waals surface area contributed by atoms with Gasteiger partial charge in [0.2, 0.25) is 5.75 Å². The molecule has 3 heterocycles. The number of ether oxygens (including phenoxy) is 5. The van der Waals surface area contributed by atoms with Crippen molar-refractivity contribution in [1.82, 2.24) is 15.5 Å². The van der Waals surface area contributed by atoms with Gasteiger partial charge in [0.1, 0.15) is 30.6 Å². The summed E-state index contributed by atoms with van der Waals surface area (Å²) in [5, 5.41) is 79.8. The van der Waals surface area contributed by atoms with E-state index in [0.717, 1.165) is 66.3 Å². The van der Waals surface area contributed by atoms with Gasteiger partial charge in [-0.1, -0.05) is 50.5 Å². The molecule has 82 heavy (non-hydrogen) atoms. The summed E-state index contributed by atoms with van der Waals surface area (Å²) in [4.78, 5) is 29.6. The lowest BCUT2D eigenvalue weighted by molar-refractivity contribution is -0.157. The summed E-state index contributed by atoms with van der Waals surface area (Å²) in [5.41, 5.74) is 6.96. The molecular formula is C65H82N4O13. The van der Waals surface area contributed by atoms with Crippen LogP contribution in [0.25, 0.3) is 11.1 Å². The highest BCUT2D eigenvalue weighted by Crippen LogP contribution is 2.69. The third-order valence-corrected chi connectivity index (χ3v) is 20.8. The standard InChI is InChI=1S/C65H82N4O13/c1-4-67-35-82-52-29-50(79-22-20-66-2)42-14-15-43-57-49(68-63(77)60(52)59(42)57)28-51-58(43)61(75)46(34-81-51)38-25-53(78-3)62(76)54(26-38)80-33-40(32-72)65-30-39(64(18-8-5-9-19-64)69-55(73)16-17-56(69)74)27-45-44(36(31-71)11-10-21-70)23-37(24-48(45)65)41-12-6-7-13-47(41)65/h6-7,12-13,16-17,25-26,28-29,36-37,39-40,44-46,48,61,63,66-68,70-72,75-77H,4-5,8-11,14-15,18-24,27,30-35H2,1-3H3. The molecule has 11 atom stereocenters. The van der Waals surface area contributed by atoms with Gasteiger partial charge in [0.25, 0.3) is 11.8 Å². The van der Waals surface area contributed by atoms with Gasteiger partial charge < -0.3 is 65.0 Å². The van der Waals surface area contributed by atoms with Crippen LogP contribution in [0.5, 0.6) is 34.5 Å².